The molecule has 0 amide bonds. The van der Waals surface area contributed by atoms with Gasteiger partial charge in [0.2, 0.25) is 0 Å². The number of aliphatic carboxylic acids is 2. The summed E-state index contributed by atoms with van der Waals surface area (Å²) in [5.74, 6) is -1.55. The number of piperidine rings is 1. The van der Waals surface area contributed by atoms with Crippen molar-refractivity contribution in [3.05, 3.63) is 82.4 Å². The number of ether oxygens (including phenoxy) is 1. The second-order valence-electron chi connectivity index (χ2n) is 6.43. The number of carboxylic acids is 2. The van der Waals surface area contributed by atoms with Crippen LogP contribution in [0.25, 0.3) is 0 Å². The number of carbonyl (C=O) groups is 2. The summed E-state index contributed by atoms with van der Waals surface area (Å²) >= 11 is 0. The predicted molar refractivity (Wildman–Crippen MR) is 109 cm³/mol. The molecule has 1 fully saturated rings. The largest absolute Gasteiger partial charge is 0.490 e. The average Bonchev–Trinajstić information content (AvgIpc) is 2.74. The van der Waals surface area contributed by atoms with Gasteiger partial charge in [0, 0.05) is 36.7 Å². The number of nitrogens with one attached hydrogen (secondary N) is 1. The van der Waals surface area contributed by atoms with Gasteiger partial charge in [0.1, 0.15) is 11.9 Å². The lowest BCUT2D eigenvalue weighted by Gasteiger charge is -2.32. The zero-order valence-corrected chi connectivity index (χ0v) is 16.0. The number of carboxylic acid groups (broad SMARTS) is 2. The Morgan fingerprint density at radius 2 is 1.63 bits per heavy atom. The lowest BCUT2D eigenvalue weighted by atomic mass is 9.89. The lowest BCUT2D eigenvalue weighted by Crippen LogP contribution is -2.41. The Bertz CT molecular complexity index is 866. The average molecular weight is 414 g/mol. The minimum atomic E-state index is -1.26. The van der Waals surface area contributed by atoms with Crippen molar-refractivity contribution in [3.8, 4) is 5.75 Å². The molecule has 3 rings (SSSR count). The van der Waals surface area contributed by atoms with E-state index in [1.54, 1.807) is 12.1 Å². The molecule has 0 unspecified atom stereocenters. The molecule has 1 aliphatic heterocycles. The van der Waals surface area contributed by atoms with Crippen LogP contribution in [0.2, 0.25) is 0 Å². The zero-order chi connectivity index (χ0) is 21.9. The summed E-state index contributed by atoms with van der Waals surface area (Å²) in [5, 5.41) is 29.7. The smallest absolute Gasteiger partial charge is 0.328 e. The number of benzene rings is 2. The zero-order valence-electron chi connectivity index (χ0n) is 16.0. The fraction of sp³-hybridized carbons (Fsp3) is 0.238. The van der Waals surface area contributed by atoms with E-state index in [1.807, 2.05) is 18.2 Å². The molecule has 158 valence electrons. The number of hydrogen-bond donors (Lipinski definition) is 3. The van der Waals surface area contributed by atoms with Gasteiger partial charge in [-0.3, -0.25) is 10.1 Å². The Morgan fingerprint density at radius 3 is 2.17 bits per heavy atom. The number of nitro benzene ring substituents is 1. The number of rotatable bonds is 6. The number of nitrogens with zero attached hydrogens (tertiary/aromatic N) is 1. The second kappa shape index (κ2) is 11.3. The van der Waals surface area contributed by atoms with Crippen molar-refractivity contribution in [2.45, 2.75) is 18.4 Å². The molecule has 0 aromatic heterocycles. The molecule has 30 heavy (non-hydrogen) atoms. The highest BCUT2D eigenvalue weighted by Crippen LogP contribution is 2.28. The molecule has 0 saturated carbocycles. The van der Waals surface area contributed by atoms with E-state index < -0.39 is 16.9 Å². The van der Waals surface area contributed by atoms with E-state index in [4.69, 9.17) is 14.9 Å². The van der Waals surface area contributed by atoms with Gasteiger partial charge in [0.25, 0.3) is 5.69 Å². The molecule has 0 radical (unpaired) electrons. The van der Waals surface area contributed by atoms with Gasteiger partial charge in [-0.25, -0.2) is 9.59 Å². The maximum atomic E-state index is 10.7. The first-order chi connectivity index (χ1) is 14.4. The first-order valence-electron chi connectivity index (χ1n) is 9.17. The van der Waals surface area contributed by atoms with Crippen molar-refractivity contribution < 1.29 is 29.5 Å². The fourth-order valence-electron chi connectivity index (χ4n) is 2.97. The third-order valence-corrected chi connectivity index (χ3v) is 4.35. The Morgan fingerprint density at radius 1 is 1.03 bits per heavy atom. The Kier molecular flexibility index (Phi) is 8.52. The van der Waals surface area contributed by atoms with Crippen LogP contribution in [0.3, 0.4) is 0 Å². The second-order valence-corrected chi connectivity index (χ2v) is 6.43. The molecule has 0 spiro atoms. The van der Waals surface area contributed by atoms with E-state index in [0.29, 0.717) is 17.9 Å². The van der Waals surface area contributed by atoms with Gasteiger partial charge in [-0.1, -0.05) is 30.3 Å². The van der Waals surface area contributed by atoms with Crippen LogP contribution in [-0.4, -0.2) is 46.3 Å². The highest BCUT2D eigenvalue weighted by molar-refractivity contribution is 5.89. The normalized spacial score (nSPS) is 18.1. The molecule has 0 bridgehead atoms. The van der Waals surface area contributed by atoms with Crippen LogP contribution in [0.5, 0.6) is 5.75 Å². The molecule has 1 aliphatic rings. The highest BCUT2D eigenvalue weighted by Gasteiger charge is 2.28. The van der Waals surface area contributed by atoms with E-state index in [1.165, 1.54) is 17.7 Å². The number of hydrogen-bond acceptors (Lipinski definition) is 6. The van der Waals surface area contributed by atoms with Crippen molar-refractivity contribution in [1.82, 2.24) is 5.32 Å². The fourth-order valence-corrected chi connectivity index (χ4v) is 2.97. The molecule has 9 nitrogen and oxygen atoms in total. The summed E-state index contributed by atoms with van der Waals surface area (Å²) in [6.07, 6.45) is 2.10. The summed E-state index contributed by atoms with van der Waals surface area (Å²) in [6.45, 7) is 1.79. The van der Waals surface area contributed by atoms with Gasteiger partial charge in [-0.2, -0.15) is 0 Å². The van der Waals surface area contributed by atoms with Crippen LogP contribution in [-0.2, 0) is 9.59 Å². The molecule has 1 heterocycles. The van der Waals surface area contributed by atoms with Crippen molar-refractivity contribution >= 4 is 17.6 Å². The molecule has 2 atom stereocenters. The lowest BCUT2D eigenvalue weighted by molar-refractivity contribution is -0.384. The molecular weight excluding hydrogens is 392 g/mol. The van der Waals surface area contributed by atoms with E-state index >= 15 is 0 Å². The molecule has 2 aromatic rings. The van der Waals surface area contributed by atoms with Gasteiger partial charge >= 0.3 is 11.9 Å². The van der Waals surface area contributed by atoms with Crippen molar-refractivity contribution in [2.75, 3.05) is 13.1 Å². The van der Waals surface area contributed by atoms with Crippen LogP contribution in [0.4, 0.5) is 5.69 Å². The van der Waals surface area contributed by atoms with Crippen LogP contribution in [0.1, 0.15) is 17.9 Å². The molecule has 9 heteroatoms. The van der Waals surface area contributed by atoms with Gasteiger partial charge in [0.15, 0.2) is 0 Å². The van der Waals surface area contributed by atoms with Crippen molar-refractivity contribution in [1.29, 1.82) is 0 Å². The molecule has 3 N–H and O–H groups in total. The molecule has 1 saturated heterocycles. The Labute approximate surface area is 172 Å². The van der Waals surface area contributed by atoms with Gasteiger partial charge < -0.3 is 20.3 Å². The standard InChI is InChI=1S/C17H18N2O3.C4H4O4/c20-19(21)14-6-8-15(9-7-14)22-17-10-11-18-12-16(17)13-4-2-1-3-5-13;5-3(6)1-2-4(7)8/h1-9,16-18H,10-12H2;1-2H,(H,5,6)(H,7,8)/b;2-1-/t16-,17+;/m1./s1. The van der Waals surface area contributed by atoms with E-state index in [9.17, 15) is 19.7 Å². The van der Waals surface area contributed by atoms with Crippen LogP contribution in [0.15, 0.2) is 66.7 Å². The summed E-state index contributed by atoms with van der Waals surface area (Å²) in [4.78, 5) is 29.4. The summed E-state index contributed by atoms with van der Waals surface area (Å²) in [6, 6.07) is 16.6. The quantitative estimate of drug-likeness (QED) is 0.372. The Hall–Kier alpha value is -3.72. The van der Waals surface area contributed by atoms with Crippen LogP contribution < -0.4 is 10.1 Å². The summed E-state index contributed by atoms with van der Waals surface area (Å²) < 4.78 is 6.09. The maximum absolute atomic E-state index is 10.7. The van der Waals surface area contributed by atoms with Gasteiger partial charge in [-0.05, 0) is 30.7 Å². The molecule has 0 aliphatic carbocycles. The minimum absolute atomic E-state index is 0.0742. The molecule has 2 aromatic carbocycles. The highest BCUT2D eigenvalue weighted by atomic mass is 16.6. The first kappa shape index (κ1) is 22.6. The van der Waals surface area contributed by atoms with E-state index in [-0.39, 0.29) is 17.7 Å². The topological polar surface area (TPSA) is 139 Å². The van der Waals surface area contributed by atoms with Crippen molar-refractivity contribution in [2.24, 2.45) is 0 Å². The minimum Gasteiger partial charge on any atom is -0.490 e. The van der Waals surface area contributed by atoms with E-state index in [0.717, 1.165) is 19.5 Å². The maximum Gasteiger partial charge on any atom is 0.328 e. The number of non-ortho nitro benzene ring substituents is 1. The summed E-state index contributed by atoms with van der Waals surface area (Å²) in [7, 11) is 0. The SMILES string of the molecule is O=C(O)/C=C\C(=O)O.O=[N+]([O-])c1ccc(O[C@H]2CCNC[C@@H]2c2ccccc2)cc1. The predicted octanol–water partition coefficient (Wildman–Crippen LogP) is 2.83. The van der Waals surface area contributed by atoms with Gasteiger partial charge in [0.05, 0.1) is 4.92 Å². The Balaban J connectivity index is 0.000000343. The number of nitro groups is 1. The first-order valence-corrected chi connectivity index (χ1v) is 9.17. The monoisotopic (exact) mass is 414 g/mol. The van der Waals surface area contributed by atoms with Crippen LogP contribution >= 0.6 is 0 Å². The third-order valence-electron chi connectivity index (χ3n) is 4.35. The van der Waals surface area contributed by atoms with Crippen LogP contribution in [0, 0.1) is 10.1 Å². The van der Waals surface area contributed by atoms with Gasteiger partial charge in [-0.15, -0.1) is 0 Å². The van der Waals surface area contributed by atoms with Crippen molar-refractivity contribution in [3.63, 3.8) is 0 Å². The molecular formula is C21H22N2O7. The third kappa shape index (κ3) is 7.36. The van der Waals surface area contributed by atoms with E-state index in [2.05, 4.69) is 17.4 Å². The summed E-state index contributed by atoms with van der Waals surface area (Å²) in [5.41, 5.74) is 1.33.